The lowest BCUT2D eigenvalue weighted by atomic mass is 10.1. The second-order valence-corrected chi connectivity index (χ2v) is 6.03. The number of urea groups is 1. The first-order chi connectivity index (χ1) is 11.7. The monoisotopic (exact) mass is 325 g/mol. The summed E-state index contributed by atoms with van der Waals surface area (Å²) in [5.74, 6) is 0.975. The summed E-state index contributed by atoms with van der Waals surface area (Å²) in [5.41, 5.74) is 1.51. The standard InChI is InChI=1S/C18H23N5O/c1-14(16-7-3-4-10-19-16)21-18(24)22-15-8-9-17(20-13-15)23-11-5-2-6-12-23/h3-4,7-10,13-14H,2,5-6,11-12H2,1H3,(H2,21,22,24)/t14-/m1/s1. The number of nitrogens with one attached hydrogen (secondary N) is 2. The SMILES string of the molecule is C[C@@H](NC(=O)Nc1ccc(N2CCCCC2)nc1)c1ccccn1. The van der Waals surface area contributed by atoms with Crippen LogP contribution in [0.4, 0.5) is 16.3 Å². The maximum Gasteiger partial charge on any atom is 0.319 e. The number of carbonyl (C=O) groups is 1. The fourth-order valence-corrected chi connectivity index (χ4v) is 2.84. The molecule has 2 aromatic heterocycles. The van der Waals surface area contributed by atoms with Crippen molar-refractivity contribution in [1.29, 1.82) is 0 Å². The van der Waals surface area contributed by atoms with E-state index in [1.807, 2.05) is 37.3 Å². The van der Waals surface area contributed by atoms with E-state index in [2.05, 4.69) is 25.5 Å². The Bertz CT molecular complexity index is 653. The highest BCUT2D eigenvalue weighted by molar-refractivity contribution is 5.89. The molecule has 2 aromatic rings. The molecule has 6 nitrogen and oxygen atoms in total. The average molecular weight is 325 g/mol. The number of rotatable bonds is 4. The summed E-state index contributed by atoms with van der Waals surface area (Å²) in [6.07, 6.45) is 7.15. The van der Waals surface area contributed by atoms with E-state index >= 15 is 0 Å². The summed E-state index contributed by atoms with van der Waals surface area (Å²) in [6.45, 7) is 4.02. The Kier molecular flexibility index (Phi) is 5.25. The minimum Gasteiger partial charge on any atom is -0.357 e. The summed E-state index contributed by atoms with van der Waals surface area (Å²) in [4.78, 5) is 23.1. The molecule has 24 heavy (non-hydrogen) atoms. The second-order valence-electron chi connectivity index (χ2n) is 6.03. The van der Waals surface area contributed by atoms with Gasteiger partial charge in [0.25, 0.3) is 0 Å². The molecule has 1 aliphatic heterocycles. The Morgan fingerprint density at radius 1 is 1.12 bits per heavy atom. The predicted octanol–water partition coefficient (Wildman–Crippen LogP) is 3.35. The van der Waals surface area contributed by atoms with Crippen LogP contribution in [0.5, 0.6) is 0 Å². The number of amides is 2. The summed E-state index contributed by atoms with van der Waals surface area (Å²) in [7, 11) is 0. The van der Waals surface area contributed by atoms with E-state index in [0.29, 0.717) is 5.69 Å². The van der Waals surface area contributed by atoms with E-state index in [1.54, 1.807) is 12.4 Å². The van der Waals surface area contributed by atoms with Gasteiger partial charge in [-0.1, -0.05) is 6.07 Å². The molecule has 2 amide bonds. The fourth-order valence-electron chi connectivity index (χ4n) is 2.84. The van der Waals surface area contributed by atoms with Crippen LogP contribution < -0.4 is 15.5 Å². The van der Waals surface area contributed by atoms with Gasteiger partial charge in [-0.3, -0.25) is 4.98 Å². The maximum absolute atomic E-state index is 12.1. The largest absolute Gasteiger partial charge is 0.357 e. The lowest BCUT2D eigenvalue weighted by Crippen LogP contribution is -2.32. The molecule has 0 radical (unpaired) electrons. The van der Waals surface area contributed by atoms with Crippen molar-refractivity contribution >= 4 is 17.5 Å². The van der Waals surface area contributed by atoms with Crippen molar-refractivity contribution in [1.82, 2.24) is 15.3 Å². The zero-order valence-electron chi connectivity index (χ0n) is 13.9. The van der Waals surface area contributed by atoms with Crippen molar-refractivity contribution in [2.24, 2.45) is 0 Å². The van der Waals surface area contributed by atoms with Crippen molar-refractivity contribution in [3.63, 3.8) is 0 Å². The quantitative estimate of drug-likeness (QED) is 0.904. The number of hydrogen-bond acceptors (Lipinski definition) is 4. The number of aromatic nitrogens is 2. The topological polar surface area (TPSA) is 70.2 Å². The molecule has 0 spiro atoms. The summed E-state index contributed by atoms with van der Waals surface area (Å²) in [5, 5.41) is 5.69. The normalized spacial score (nSPS) is 15.6. The van der Waals surface area contributed by atoms with E-state index in [9.17, 15) is 4.79 Å². The van der Waals surface area contributed by atoms with Crippen LogP contribution >= 0.6 is 0 Å². The molecule has 0 aliphatic carbocycles. The zero-order chi connectivity index (χ0) is 16.8. The molecule has 0 unspecified atom stereocenters. The van der Waals surface area contributed by atoms with E-state index in [-0.39, 0.29) is 12.1 Å². The summed E-state index contributed by atoms with van der Waals surface area (Å²) in [6, 6.07) is 9.07. The first-order valence-corrected chi connectivity index (χ1v) is 8.42. The van der Waals surface area contributed by atoms with Crippen molar-refractivity contribution in [3.8, 4) is 0 Å². The van der Waals surface area contributed by atoms with Gasteiger partial charge in [-0.05, 0) is 50.5 Å². The number of anilines is 2. The molecule has 0 bridgehead atoms. The van der Waals surface area contributed by atoms with Gasteiger partial charge in [-0.25, -0.2) is 9.78 Å². The maximum atomic E-state index is 12.1. The summed E-state index contributed by atoms with van der Waals surface area (Å²) >= 11 is 0. The Balaban J connectivity index is 1.54. The van der Waals surface area contributed by atoms with Crippen molar-refractivity contribution in [2.45, 2.75) is 32.2 Å². The highest BCUT2D eigenvalue weighted by Gasteiger charge is 2.13. The van der Waals surface area contributed by atoms with Crippen molar-refractivity contribution in [2.75, 3.05) is 23.3 Å². The second kappa shape index (κ2) is 7.77. The van der Waals surface area contributed by atoms with Gasteiger partial charge >= 0.3 is 6.03 Å². The van der Waals surface area contributed by atoms with Gasteiger partial charge in [0, 0.05) is 19.3 Å². The Hall–Kier alpha value is -2.63. The Morgan fingerprint density at radius 2 is 1.96 bits per heavy atom. The lowest BCUT2D eigenvalue weighted by molar-refractivity contribution is 0.249. The first kappa shape index (κ1) is 16.2. The third-order valence-corrected chi connectivity index (χ3v) is 4.16. The number of piperidine rings is 1. The van der Waals surface area contributed by atoms with Crippen LogP contribution in [0.25, 0.3) is 0 Å². The average Bonchev–Trinajstić information content (AvgIpc) is 2.64. The van der Waals surface area contributed by atoms with Crippen LogP contribution in [0.3, 0.4) is 0 Å². The van der Waals surface area contributed by atoms with Gasteiger partial charge in [-0.2, -0.15) is 0 Å². The van der Waals surface area contributed by atoms with Gasteiger partial charge in [0.05, 0.1) is 23.6 Å². The van der Waals surface area contributed by atoms with Gasteiger partial charge in [0.15, 0.2) is 0 Å². The molecule has 3 heterocycles. The van der Waals surface area contributed by atoms with Crippen LogP contribution in [-0.2, 0) is 0 Å². The molecule has 126 valence electrons. The highest BCUT2D eigenvalue weighted by Crippen LogP contribution is 2.19. The van der Waals surface area contributed by atoms with Crippen molar-refractivity contribution in [3.05, 3.63) is 48.4 Å². The third kappa shape index (κ3) is 4.22. The molecule has 0 aromatic carbocycles. The van der Waals surface area contributed by atoms with Crippen LogP contribution in [0.15, 0.2) is 42.7 Å². The van der Waals surface area contributed by atoms with E-state index in [4.69, 9.17) is 0 Å². The highest BCUT2D eigenvalue weighted by atomic mass is 16.2. The first-order valence-electron chi connectivity index (χ1n) is 8.42. The fraction of sp³-hybridized carbons (Fsp3) is 0.389. The van der Waals surface area contributed by atoms with Crippen LogP contribution in [0.1, 0.15) is 37.9 Å². The van der Waals surface area contributed by atoms with Crippen LogP contribution in [0, 0.1) is 0 Å². The van der Waals surface area contributed by atoms with E-state index < -0.39 is 0 Å². The molecule has 2 N–H and O–H groups in total. The Morgan fingerprint density at radius 3 is 2.62 bits per heavy atom. The molecular formula is C18H23N5O. The summed E-state index contributed by atoms with van der Waals surface area (Å²) < 4.78 is 0. The molecule has 1 atom stereocenters. The minimum atomic E-state index is -0.263. The number of pyridine rings is 2. The molecule has 3 rings (SSSR count). The minimum absolute atomic E-state index is 0.160. The zero-order valence-corrected chi connectivity index (χ0v) is 13.9. The molecule has 0 saturated carbocycles. The molecular weight excluding hydrogens is 302 g/mol. The predicted molar refractivity (Wildman–Crippen MR) is 95.1 cm³/mol. The van der Waals surface area contributed by atoms with Gasteiger partial charge in [-0.15, -0.1) is 0 Å². The molecule has 1 saturated heterocycles. The van der Waals surface area contributed by atoms with Crippen LogP contribution in [0.2, 0.25) is 0 Å². The van der Waals surface area contributed by atoms with Gasteiger partial charge < -0.3 is 15.5 Å². The molecule has 1 aliphatic rings. The van der Waals surface area contributed by atoms with Crippen LogP contribution in [-0.4, -0.2) is 29.1 Å². The molecule has 6 heteroatoms. The number of hydrogen-bond donors (Lipinski definition) is 2. The van der Waals surface area contributed by atoms with E-state index in [1.165, 1.54) is 19.3 Å². The molecule has 1 fully saturated rings. The van der Waals surface area contributed by atoms with Gasteiger partial charge in [0.2, 0.25) is 0 Å². The Labute approximate surface area is 142 Å². The third-order valence-electron chi connectivity index (χ3n) is 4.16. The number of carbonyl (C=O) groups excluding carboxylic acids is 1. The lowest BCUT2D eigenvalue weighted by Gasteiger charge is -2.27. The smallest absolute Gasteiger partial charge is 0.319 e. The number of nitrogens with zero attached hydrogens (tertiary/aromatic N) is 3. The van der Waals surface area contributed by atoms with Gasteiger partial charge in [0.1, 0.15) is 5.82 Å². The van der Waals surface area contributed by atoms with E-state index in [0.717, 1.165) is 24.6 Å². The van der Waals surface area contributed by atoms with Crippen molar-refractivity contribution < 1.29 is 4.79 Å².